The third-order valence-corrected chi connectivity index (χ3v) is 7.80. The van der Waals surface area contributed by atoms with Crippen LogP contribution in [0.2, 0.25) is 0 Å². The first-order valence-electron chi connectivity index (χ1n) is 13.7. The Labute approximate surface area is 193 Å². The topological polar surface area (TPSA) is 66.8 Å². The van der Waals surface area contributed by atoms with Crippen molar-refractivity contribution < 1.29 is 18.9 Å². The first-order chi connectivity index (χ1) is 14.9. The molecule has 0 aliphatic heterocycles. The number of phosphoric ester groups is 1. The van der Waals surface area contributed by atoms with E-state index in [0.717, 1.165) is 38.5 Å². The van der Waals surface area contributed by atoms with Crippen LogP contribution in [0.15, 0.2) is 0 Å². The molecule has 0 aromatic rings. The van der Waals surface area contributed by atoms with E-state index in [1.54, 1.807) is 0 Å². The maximum atomic E-state index is 11.7. The second-order valence-electron chi connectivity index (χ2n) is 10.2. The summed E-state index contributed by atoms with van der Waals surface area (Å²) in [5, 5.41) is 0. The highest BCUT2D eigenvalue weighted by atomic mass is 31.2. The van der Waals surface area contributed by atoms with E-state index < -0.39 is 13.4 Å². The highest BCUT2D eigenvalue weighted by Gasteiger charge is 2.40. The molecule has 0 radical (unpaired) electrons. The first kappa shape index (κ1) is 29.1. The van der Waals surface area contributed by atoms with Crippen LogP contribution in [0.4, 0.5) is 0 Å². The van der Waals surface area contributed by atoms with Crippen LogP contribution in [0.1, 0.15) is 155 Å². The molecule has 31 heavy (non-hydrogen) atoms. The van der Waals surface area contributed by atoms with Crippen LogP contribution in [-0.2, 0) is 9.09 Å². The van der Waals surface area contributed by atoms with Crippen LogP contribution in [0.3, 0.4) is 0 Å². The van der Waals surface area contributed by atoms with Gasteiger partial charge in [0.05, 0.1) is 5.60 Å². The molecule has 1 aliphatic carbocycles. The molecule has 0 aromatic heterocycles. The summed E-state index contributed by atoms with van der Waals surface area (Å²) < 4.78 is 17.2. The van der Waals surface area contributed by atoms with Crippen molar-refractivity contribution in [3.8, 4) is 0 Å². The Balaban J connectivity index is 2.48. The van der Waals surface area contributed by atoms with Crippen LogP contribution >= 0.6 is 7.82 Å². The zero-order chi connectivity index (χ0) is 22.8. The summed E-state index contributed by atoms with van der Waals surface area (Å²) in [5.41, 5.74) is -0.593. The molecule has 1 rings (SSSR count). The fourth-order valence-corrected chi connectivity index (χ4v) is 6.20. The molecule has 1 saturated carbocycles. The van der Waals surface area contributed by atoms with Gasteiger partial charge in [-0.15, -0.1) is 0 Å². The molecule has 0 spiro atoms. The predicted octanol–water partition coefficient (Wildman–Crippen LogP) is 9.09. The Bertz CT molecular complexity index is 456. The molecule has 0 saturated heterocycles. The van der Waals surface area contributed by atoms with Crippen LogP contribution in [0.25, 0.3) is 0 Å². The van der Waals surface area contributed by atoms with Gasteiger partial charge in [0.2, 0.25) is 0 Å². The quantitative estimate of drug-likeness (QED) is 0.140. The second-order valence-corrected chi connectivity index (χ2v) is 11.4. The van der Waals surface area contributed by atoms with Crippen molar-refractivity contribution >= 4 is 7.82 Å². The van der Waals surface area contributed by atoms with Crippen molar-refractivity contribution in [1.82, 2.24) is 0 Å². The molecule has 2 N–H and O–H groups in total. The van der Waals surface area contributed by atoms with Gasteiger partial charge in [0.1, 0.15) is 0 Å². The zero-order valence-corrected chi connectivity index (χ0v) is 21.7. The van der Waals surface area contributed by atoms with Crippen molar-refractivity contribution in [3.63, 3.8) is 0 Å². The van der Waals surface area contributed by atoms with E-state index in [1.807, 2.05) is 0 Å². The van der Waals surface area contributed by atoms with E-state index in [-0.39, 0.29) is 0 Å². The molecular formula is C26H53O4P. The number of hydrogen-bond acceptors (Lipinski definition) is 2. The average Bonchev–Trinajstić information content (AvgIpc) is 2.71. The first-order valence-corrected chi connectivity index (χ1v) is 15.2. The Morgan fingerprint density at radius 1 is 0.710 bits per heavy atom. The molecule has 186 valence electrons. The number of rotatable bonds is 20. The van der Waals surface area contributed by atoms with Gasteiger partial charge in [-0.05, 0) is 25.2 Å². The maximum absolute atomic E-state index is 11.7. The standard InChI is InChI=1S/C26H53O4P/c1-3-5-7-9-10-11-12-14-17-21-25(20-16-13-8-6-4-2)24-26(30-31(27,28)29)22-18-15-19-23-26/h25H,3-24H2,1-2H3,(H2,27,28,29). The van der Waals surface area contributed by atoms with Gasteiger partial charge in [-0.1, -0.05) is 136 Å². The lowest BCUT2D eigenvalue weighted by Gasteiger charge is -2.39. The molecule has 0 aromatic carbocycles. The van der Waals surface area contributed by atoms with Gasteiger partial charge in [-0.2, -0.15) is 0 Å². The molecule has 0 bridgehead atoms. The van der Waals surface area contributed by atoms with Gasteiger partial charge in [-0.3, -0.25) is 4.52 Å². The third-order valence-electron chi connectivity index (χ3n) is 7.17. The minimum atomic E-state index is -4.45. The van der Waals surface area contributed by atoms with Crippen molar-refractivity contribution in [1.29, 1.82) is 0 Å². The highest BCUT2D eigenvalue weighted by molar-refractivity contribution is 7.46. The van der Waals surface area contributed by atoms with Crippen LogP contribution in [0.5, 0.6) is 0 Å². The van der Waals surface area contributed by atoms with Crippen molar-refractivity contribution in [3.05, 3.63) is 0 Å². The third kappa shape index (κ3) is 15.6. The fourth-order valence-electron chi connectivity index (χ4n) is 5.44. The molecule has 0 heterocycles. The molecule has 1 fully saturated rings. The molecular weight excluding hydrogens is 407 g/mol. The molecule has 1 unspecified atom stereocenters. The van der Waals surface area contributed by atoms with Gasteiger partial charge in [0.15, 0.2) is 0 Å². The summed E-state index contributed by atoms with van der Waals surface area (Å²) in [6.07, 6.45) is 26.5. The zero-order valence-electron chi connectivity index (χ0n) is 20.8. The molecule has 1 atom stereocenters. The van der Waals surface area contributed by atoms with Gasteiger partial charge in [0, 0.05) is 0 Å². The lowest BCUT2D eigenvalue weighted by atomic mass is 9.76. The van der Waals surface area contributed by atoms with E-state index in [2.05, 4.69) is 13.8 Å². The lowest BCUT2D eigenvalue weighted by molar-refractivity contribution is -0.0185. The van der Waals surface area contributed by atoms with Gasteiger partial charge in [-0.25, -0.2) is 4.57 Å². The van der Waals surface area contributed by atoms with Crippen LogP contribution in [0, 0.1) is 5.92 Å². The van der Waals surface area contributed by atoms with Crippen molar-refractivity contribution in [2.24, 2.45) is 5.92 Å². The minimum Gasteiger partial charge on any atom is -0.303 e. The summed E-state index contributed by atoms with van der Waals surface area (Å²) >= 11 is 0. The summed E-state index contributed by atoms with van der Waals surface area (Å²) in [5.74, 6) is 0.538. The van der Waals surface area contributed by atoms with Gasteiger partial charge >= 0.3 is 7.82 Å². The van der Waals surface area contributed by atoms with E-state index >= 15 is 0 Å². The maximum Gasteiger partial charge on any atom is 0.470 e. The predicted molar refractivity (Wildman–Crippen MR) is 132 cm³/mol. The fraction of sp³-hybridized carbons (Fsp3) is 1.00. The summed E-state index contributed by atoms with van der Waals surface area (Å²) in [6, 6.07) is 0. The second kappa shape index (κ2) is 17.6. The summed E-state index contributed by atoms with van der Waals surface area (Å²) in [6.45, 7) is 4.52. The monoisotopic (exact) mass is 460 g/mol. The number of unbranched alkanes of at least 4 members (excludes halogenated alkanes) is 12. The van der Waals surface area contributed by atoms with E-state index in [4.69, 9.17) is 4.52 Å². The lowest BCUT2D eigenvalue weighted by Crippen LogP contribution is -2.36. The molecule has 0 amide bonds. The normalized spacial score (nSPS) is 17.7. The Kier molecular flexibility index (Phi) is 16.5. The van der Waals surface area contributed by atoms with E-state index in [1.165, 1.54) is 103 Å². The SMILES string of the molecule is CCCCCCCCCCCC(CCCCCCC)CC1(OP(=O)(O)O)CCCCC1. The number of phosphoric acid groups is 1. The largest absolute Gasteiger partial charge is 0.470 e. The smallest absolute Gasteiger partial charge is 0.303 e. The molecule has 5 heteroatoms. The molecule has 1 aliphatic rings. The van der Waals surface area contributed by atoms with Gasteiger partial charge in [0.25, 0.3) is 0 Å². The van der Waals surface area contributed by atoms with Crippen molar-refractivity contribution in [2.45, 2.75) is 161 Å². The average molecular weight is 461 g/mol. The summed E-state index contributed by atoms with van der Waals surface area (Å²) in [4.78, 5) is 19.1. The Morgan fingerprint density at radius 3 is 1.55 bits per heavy atom. The summed E-state index contributed by atoms with van der Waals surface area (Å²) in [7, 11) is -4.45. The minimum absolute atomic E-state index is 0.538. The van der Waals surface area contributed by atoms with Crippen LogP contribution < -0.4 is 0 Å². The van der Waals surface area contributed by atoms with Crippen molar-refractivity contribution in [2.75, 3.05) is 0 Å². The Hall–Kier alpha value is 0.110. The highest BCUT2D eigenvalue weighted by Crippen LogP contribution is 2.50. The number of hydrogen-bond donors (Lipinski definition) is 2. The molecule has 4 nitrogen and oxygen atoms in total. The van der Waals surface area contributed by atoms with E-state index in [0.29, 0.717) is 5.92 Å². The Morgan fingerprint density at radius 2 is 1.13 bits per heavy atom. The van der Waals surface area contributed by atoms with Gasteiger partial charge < -0.3 is 9.79 Å². The van der Waals surface area contributed by atoms with Crippen LogP contribution in [-0.4, -0.2) is 15.4 Å². The van der Waals surface area contributed by atoms with E-state index in [9.17, 15) is 14.4 Å².